The Labute approximate surface area is 67.2 Å². The van der Waals surface area contributed by atoms with Crippen molar-refractivity contribution in [1.29, 1.82) is 0 Å². The summed E-state index contributed by atoms with van der Waals surface area (Å²) in [6.45, 7) is 4.39. The molecule has 0 aromatic carbocycles. The number of rotatable bonds is 3. The molecule has 0 aliphatic heterocycles. The molecule has 0 saturated heterocycles. The predicted octanol–water partition coefficient (Wildman–Crippen LogP) is 0.910. The first-order valence-electron chi connectivity index (χ1n) is 2.97. The van der Waals surface area contributed by atoms with E-state index in [1.807, 2.05) is 4.40 Å². The van der Waals surface area contributed by atoms with Gasteiger partial charge >= 0.3 is 66.9 Å². The van der Waals surface area contributed by atoms with Crippen LogP contribution in [0.25, 0.3) is 0 Å². The Morgan fingerprint density at radius 1 is 1.67 bits per heavy atom. The van der Waals surface area contributed by atoms with E-state index in [9.17, 15) is 0 Å². The quantitative estimate of drug-likeness (QED) is 0.821. The normalized spacial score (nSPS) is 12.2. The van der Waals surface area contributed by atoms with Crippen LogP contribution in [0.2, 0.25) is 0 Å². The van der Waals surface area contributed by atoms with Crippen LogP contribution in [0.15, 0.2) is 11.6 Å². The molecule has 0 heterocycles. The maximum atomic E-state index is 8.69. The SMILES string of the molecule is CC(C)C=C([CH]=[W])CO. The van der Waals surface area contributed by atoms with Crippen LogP contribution in [-0.4, -0.2) is 16.1 Å². The summed E-state index contributed by atoms with van der Waals surface area (Å²) in [5, 5.41) is 8.69. The van der Waals surface area contributed by atoms with Crippen molar-refractivity contribution in [1.82, 2.24) is 0 Å². The van der Waals surface area contributed by atoms with Gasteiger partial charge in [-0.3, -0.25) is 0 Å². The van der Waals surface area contributed by atoms with Crippen molar-refractivity contribution in [3.8, 4) is 0 Å². The number of hydrogen-bond acceptors (Lipinski definition) is 1. The van der Waals surface area contributed by atoms with Crippen molar-refractivity contribution >= 4 is 4.40 Å². The summed E-state index contributed by atoms with van der Waals surface area (Å²) >= 11 is 1.39. The van der Waals surface area contributed by atoms with Crippen molar-refractivity contribution in [2.24, 2.45) is 5.92 Å². The number of aliphatic hydroxyl groups excluding tert-OH is 1. The summed E-state index contributed by atoms with van der Waals surface area (Å²) in [6.07, 6.45) is 2.08. The molecular weight excluding hydrogens is 284 g/mol. The first kappa shape index (κ1) is 9.26. The standard InChI is InChI=1S/C7H12O.W/c1-6(2)4-7(3)5-8;/h3-4,6,8H,5H2,1-2H3;. The molecule has 0 bridgehead atoms. The van der Waals surface area contributed by atoms with Gasteiger partial charge in [-0.15, -0.1) is 0 Å². The van der Waals surface area contributed by atoms with E-state index in [1.54, 1.807) is 0 Å². The molecule has 0 aliphatic carbocycles. The summed E-state index contributed by atoms with van der Waals surface area (Å²) in [5.74, 6) is 0.544. The molecule has 2 heteroatoms. The molecule has 0 amide bonds. The average molecular weight is 296 g/mol. The van der Waals surface area contributed by atoms with Gasteiger partial charge in [0.1, 0.15) is 0 Å². The summed E-state index contributed by atoms with van der Waals surface area (Å²) in [5.41, 5.74) is 1.06. The van der Waals surface area contributed by atoms with E-state index in [2.05, 4.69) is 19.9 Å². The van der Waals surface area contributed by atoms with Crippen molar-refractivity contribution in [3.05, 3.63) is 11.6 Å². The molecule has 0 radical (unpaired) electrons. The van der Waals surface area contributed by atoms with Gasteiger partial charge in [-0.2, -0.15) is 0 Å². The topological polar surface area (TPSA) is 20.2 Å². The maximum absolute atomic E-state index is 8.69. The van der Waals surface area contributed by atoms with E-state index >= 15 is 0 Å². The zero-order valence-corrected chi connectivity index (χ0v) is 8.73. The van der Waals surface area contributed by atoms with Crippen LogP contribution in [0.5, 0.6) is 0 Å². The minimum atomic E-state index is 0.182. The van der Waals surface area contributed by atoms with Crippen LogP contribution >= 0.6 is 0 Å². The molecule has 0 aromatic rings. The summed E-state index contributed by atoms with van der Waals surface area (Å²) in [7, 11) is 0. The molecule has 0 rings (SSSR count). The predicted molar refractivity (Wildman–Crippen MR) is 36.1 cm³/mol. The second-order valence-electron chi connectivity index (χ2n) is 2.26. The Balaban J connectivity index is 3.90. The van der Waals surface area contributed by atoms with Crippen molar-refractivity contribution in [3.63, 3.8) is 0 Å². The molecule has 0 saturated carbocycles. The van der Waals surface area contributed by atoms with Crippen molar-refractivity contribution in [2.75, 3.05) is 6.61 Å². The fourth-order valence-electron chi connectivity index (χ4n) is 0.557. The molecule has 0 aliphatic rings. The first-order chi connectivity index (χ1) is 4.20. The van der Waals surface area contributed by atoms with Crippen LogP contribution in [0.1, 0.15) is 13.8 Å². The molecule has 52 valence electrons. The Morgan fingerprint density at radius 3 is 2.33 bits per heavy atom. The Bertz CT molecular complexity index is 116. The molecular formula is C7H12OW. The van der Waals surface area contributed by atoms with E-state index in [0.717, 1.165) is 5.57 Å². The van der Waals surface area contributed by atoms with E-state index < -0.39 is 0 Å². The second kappa shape index (κ2) is 5.08. The van der Waals surface area contributed by atoms with Crippen molar-refractivity contribution in [2.45, 2.75) is 13.8 Å². The van der Waals surface area contributed by atoms with Crippen LogP contribution in [-0.2, 0) is 19.4 Å². The Hall–Kier alpha value is 0.258. The van der Waals surface area contributed by atoms with Gasteiger partial charge in [-0.1, -0.05) is 0 Å². The molecule has 0 spiro atoms. The molecule has 1 nitrogen and oxygen atoms in total. The average Bonchev–Trinajstić information content (AvgIpc) is 1.82. The molecule has 0 unspecified atom stereocenters. The van der Waals surface area contributed by atoms with Gasteiger partial charge in [0.2, 0.25) is 0 Å². The molecule has 9 heavy (non-hydrogen) atoms. The van der Waals surface area contributed by atoms with Crippen molar-refractivity contribution < 1.29 is 24.5 Å². The number of hydrogen-bond donors (Lipinski definition) is 1. The number of allylic oxidation sites excluding steroid dienone is 1. The Kier molecular flexibility index (Phi) is 5.22. The van der Waals surface area contributed by atoms with E-state index in [4.69, 9.17) is 5.11 Å². The van der Waals surface area contributed by atoms with E-state index in [1.165, 1.54) is 19.4 Å². The third-order valence-corrected chi connectivity index (χ3v) is 1.97. The van der Waals surface area contributed by atoms with E-state index in [-0.39, 0.29) is 6.61 Å². The van der Waals surface area contributed by atoms with Crippen LogP contribution in [0, 0.1) is 5.92 Å². The number of aliphatic hydroxyl groups is 1. The van der Waals surface area contributed by atoms with Gasteiger partial charge in [0, 0.05) is 0 Å². The Morgan fingerprint density at radius 2 is 2.22 bits per heavy atom. The molecule has 0 aromatic heterocycles. The van der Waals surface area contributed by atoms with Gasteiger partial charge in [-0.05, 0) is 0 Å². The first-order valence-corrected chi connectivity index (χ1v) is 4.66. The van der Waals surface area contributed by atoms with Gasteiger partial charge in [-0.25, -0.2) is 0 Å². The molecule has 0 atom stereocenters. The minimum absolute atomic E-state index is 0.182. The van der Waals surface area contributed by atoms with Crippen LogP contribution < -0.4 is 0 Å². The third-order valence-electron chi connectivity index (χ3n) is 0.881. The molecule has 0 fully saturated rings. The summed E-state index contributed by atoms with van der Waals surface area (Å²) < 4.78 is 2.01. The van der Waals surface area contributed by atoms with Crippen LogP contribution in [0.4, 0.5) is 0 Å². The summed E-state index contributed by atoms with van der Waals surface area (Å²) in [4.78, 5) is 0. The van der Waals surface area contributed by atoms with Gasteiger partial charge in [0.15, 0.2) is 0 Å². The fraction of sp³-hybridized carbons (Fsp3) is 0.571. The zero-order valence-electron chi connectivity index (χ0n) is 5.79. The monoisotopic (exact) mass is 296 g/mol. The zero-order chi connectivity index (χ0) is 7.28. The second-order valence-corrected chi connectivity index (χ2v) is 3.11. The third kappa shape index (κ3) is 4.74. The van der Waals surface area contributed by atoms with Gasteiger partial charge in [0.05, 0.1) is 0 Å². The van der Waals surface area contributed by atoms with E-state index in [0.29, 0.717) is 5.92 Å². The van der Waals surface area contributed by atoms with Gasteiger partial charge < -0.3 is 0 Å². The van der Waals surface area contributed by atoms with Crippen LogP contribution in [0.3, 0.4) is 0 Å². The fourth-order valence-corrected chi connectivity index (χ4v) is 1.11. The molecule has 1 N–H and O–H groups in total. The summed E-state index contributed by atoms with van der Waals surface area (Å²) in [6, 6.07) is 0. The van der Waals surface area contributed by atoms with Gasteiger partial charge in [0.25, 0.3) is 0 Å².